The first-order chi connectivity index (χ1) is 11.5. The largest absolute Gasteiger partial charge is 0.338 e. The van der Waals surface area contributed by atoms with Crippen molar-refractivity contribution in [3.05, 3.63) is 46.7 Å². The highest BCUT2D eigenvalue weighted by molar-refractivity contribution is 6.31. The molecule has 2 aromatic rings. The van der Waals surface area contributed by atoms with Gasteiger partial charge >= 0.3 is 0 Å². The van der Waals surface area contributed by atoms with Gasteiger partial charge in [0.15, 0.2) is 0 Å². The first kappa shape index (κ1) is 16.7. The molecule has 0 aliphatic carbocycles. The van der Waals surface area contributed by atoms with E-state index in [0.717, 1.165) is 31.7 Å². The fourth-order valence-corrected chi connectivity index (χ4v) is 2.70. The summed E-state index contributed by atoms with van der Waals surface area (Å²) in [5.41, 5.74) is 2.06. The molecule has 1 aromatic heterocycles. The van der Waals surface area contributed by atoms with Crippen molar-refractivity contribution < 1.29 is 4.79 Å². The third kappa shape index (κ3) is 3.83. The second-order valence-corrected chi connectivity index (χ2v) is 6.41. The van der Waals surface area contributed by atoms with Crippen molar-refractivity contribution in [2.75, 3.05) is 43.4 Å². The van der Waals surface area contributed by atoms with E-state index in [1.54, 1.807) is 24.5 Å². The van der Waals surface area contributed by atoms with Gasteiger partial charge in [-0.3, -0.25) is 4.79 Å². The summed E-state index contributed by atoms with van der Waals surface area (Å²) in [4.78, 5) is 25.4. The van der Waals surface area contributed by atoms with Crippen LogP contribution in [0, 0.1) is 6.92 Å². The zero-order valence-electron chi connectivity index (χ0n) is 13.8. The van der Waals surface area contributed by atoms with Crippen LogP contribution in [0.4, 0.5) is 11.6 Å². The lowest BCUT2D eigenvalue weighted by Crippen LogP contribution is -2.45. The number of carbonyl (C=O) groups is 1. The van der Waals surface area contributed by atoms with Crippen molar-refractivity contribution >= 4 is 29.1 Å². The Morgan fingerprint density at radius 3 is 2.50 bits per heavy atom. The molecule has 0 saturated carbocycles. The highest BCUT2D eigenvalue weighted by Crippen LogP contribution is 2.21. The number of benzene rings is 1. The third-order valence-corrected chi connectivity index (χ3v) is 4.37. The number of rotatable bonds is 3. The number of likely N-dealkylation sites (N-methyl/N-ethyl adjacent to an activating group) is 1. The van der Waals surface area contributed by atoms with Crippen molar-refractivity contribution in [2.45, 2.75) is 6.92 Å². The molecule has 6 nitrogen and oxygen atoms in total. The zero-order chi connectivity index (χ0) is 17.1. The van der Waals surface area contributed by atoms with Crippen molar-refractivity contribution in [3.63, 3.8) is 0 Å². The summed E-state index contributed by atoms with van der Waals surface area (Å²) >= 11 is 5.98. The molecule has 0 spiro atoms. The van der Waals surface area contributed by atoms with Crippen LogP contribution in [0.5, 0.6) is 0 Å². The van der Waals surface area contributed by atoms with Crippen molar-refractivity contribution in [2.24, 2.45) is 0 Å². The molecule has 0 bridgehead atoms. The normalized spacial score (nSPS) is 15.4. The Balaban J connectivity index is 1.68. The minimum absolute atomic E-state index is 0.245. The predicted molar refractivity (Wildman–Crippen MR) is 95.9 cm³/mol. The Kier molecular flexibility index (Phi) is 4.97. The van der Waals surface area contributed by atoms with Gasteiger partial charge in [-0.2, -0.15) is 0 Å². The molecule has 1 aliphatic rings. The molecule has 2 heterocycles. The second-order valence-electron chi connectivity index (χ2n) is 5.98. The van der Waals surface area contributed by atoms with Crippen LogP contribution in [0.1, 0.15) is 15.9 Å². The number of halogens is 1. The minimum atomic E-state index is -0.245. The zero-order valence-corrected chi connectivity index (χ0v) is 14.5. The van der Waals surface area contributed by atoms with Gasteiger partial charge in [-0.15, -0.1) is 0 Å². The van der Waals surface area contributed by atoms with Gasteiger partial charge in [0, 0.05) is 49.3 Å². The van der Waals surface area contributed by atoms with E-state index in [1.807, 2.05) is 13.0 Å². The molecule has 24 heavy (non-hydrogen) atoms. The first-order valence-corrected chi connectivity index (χ1v) is 8.24. The Morgan fingerprint density at radius 2 is 1.83 bits per heavy atom. The number of aryl methyl sites for hydroxylation is 1. The number of nitrogens with one attached hydrogen (secondary N) is 1. The standard InChI is InChI=1S/C17H20ClN5O/c1-12-3-4-14(18)9-15(12)21-16(24)13-10-19-17(20-11-13)23-7-5-22(2)6-8-23/h3-4,9-11H,5-8H2,1-2H3,(H,21,24). The lowest BCUT2D eigenvalue weighted by atomic mass is 10.2. The molecule has 1 aromatic carbocycles. The van der Waals surface area contributed by atoms with E-state index < -0.39 is 0 Å². The molecule has 126 valence electrons. The number of piperazine rings is 1. The fraction of sp³-hybridized carbons (Fsp3) is 0.353. The average molecular weight is 346 g/mol. The first-order valence-electron chi connectivity index (χ1n) is 7.86. The highest BCUT2D eigenvalue weighted by Gasteiger charge is 2.17. The van der Waals surface area contributed by atoms with E-state index in [9.17, 15) is 4.79 Å². The maximum absolute atomic E-state index is 12.4. The summed E-state index contributed by atoms with van der Waals surface area (Å²) in [7, 11) is 2.10. The average Bonchev–Trinajstić information content (AvgIpc) is 2.59. The molecule has 0 radical (unpaired) electrons. The Bertz CT molecular complexity index is 726. The van der Waals surface area contributed by atoms with E-state index in [-0.39, 0.29) is 5.91 Å². The molecule has 1 fully saturated rings. The van der Waals surface area contributed by atoms with Gasteiger partial charge in [-0.25, -0.2) is 9.97 Å². The van der Waals surface area contributed by atoms with Gasteiger partial charge in [0.2, 0.25) is 5.95 Å². The fourth-order valence-electron chi connectivity index (χ4n) is 2.53. The maximum atomic E-state index is 12.4. The van der Waals surface area contributed by atoms with Crippen LogP contribution in [0.15, 0.2) is 30.6 Å². The predicted octanol–water partition coefficient (Wildman–Crippen LogP) is 2.44. The van der Waals surface area contributed by atoms with E-state index in [0.29, 0.717) is 22.2 Å². The van der Waals surface area contributed by atoms with Crippen LogP contribution in [-0.2, 0) is 0 Å². The summed E-state index contributed by atoms with van der Waals surface area (Å²) in [6.45, 7) is 5.67. The maximum Gasteiger partial charge on any atom is 0.258 e. The number of nitrogens with zero attached hydrogens (tertiary/aromatic N) is 4. The second kappa shape index (κ2) is 7.15. The number of carbonyl (C=O) groups excluding carboxylic acids is 1. The van der Waals surface area contributed by atoms with Crippen LogP contribution >= 0.6 is 11.6 Å². The van der Waals surface area contributed by atoms with Gasteiger partial charge in [0.1, 0.15) is 0 Å². The molecule has 0 atom stereocenters. The number of aromatic nitrogens is 2. The Hall–Kier alpha value is -2.18. The van der Waals surface area contributed by atoms with Gasteiger partial charge in [0.25, 0.3) is 5.91 Å². The van der Waals surface area contributed by atoms with Gasteiger partial charge < -0.3 is 15.1 Å². The molecule has 1 saturated heterocycles. The van der Waals surface area contributed by atoms with Crippen LogP contribution in [0.3, 0.4) is 0 Å². The van der Waals surface area contributed by atoms with Gasteiger partial charge in [-0.05, 0) is 31.7 Å². The van der Waals surface area contributed by atoms with Crippen LogP contribution in [-0.4, -0.2) is 54.0 Å². The van der Waals surface area contributed by atoms with E-state index in [1.165, 1.54) is 0 Å². The summed E-state index contributed by atoms with van der Waals surface area (Å²) in [5, 5.41) is 3.43. The van der Waals surface area contributed by atoms with E-state index in [2.05, 4.69) is 32.1 Å². The van der Waals surface area contributed by atoms with E-state index in [4.69, 9.17) is 11.6 Å². The van der Waals surface area contributed by atoms with Crippen LogP contribution in [0.2, 0.25) is 5.02 Å². The van der Waals surface area contributed by atoms with Gasteiger partial charge in [-0.1, -0.05) is 17.7 Å². The molecule has 1 aliphatic heterocycles. The van der Waals surface area contributed by atoms with Crippen molar-refractivity contribution in [3.8, 4) is 0 Å². The Morgan fingerprint density at radius 1 is 1.17 bits per heavy atom. The number of anilines is 2. The molecule has 1 N–H and O–H groups in total. The number of amides is 1. The topological polar surface area (TPSA) is 61.4 Å². The molecule has 0 unspecified atom stereocenters. The summed E-state index contributed by atoms with van der Waals surface area (Å²) in [6, 6.07) is 5.39. The molecular weight excluding hydrogens is 326 g/mol. The summed E-state index contributed by atoms with van der Waals surface area (Å²) in [5.74, 6) is 0.420. The van der Waals surface area contributed by atoms with Crippen molar-refractivity contribution in [1.82, 2.24) is 14.9 Å². The minimum Gasteiger partial charge on any atom is -0.338 e. The Labute approximate surface area is 146 Å². The quantitative estimate of drug-likeness (QED) is 0.925. The molecular formula is C17H20ClN5O. The molecule has 3 rings (SSSR count). The number of hydrogen-bond donors (Lipinski definition) is 1. The highest BCUT2D eigenvalue weighted by atomic mass is 35.5. The van der Waals surface area contributed by atoms with Crippen molar-refractivity contribution in [1.29, 1.82) is 0 Å². The molecule has 1 amide bonds. The SMILES string of the molecule is Cc1ccc(Cl)cc1NC(=O)c1cnc(N2CCN(C)CC2)nc1. The number of hydrogen-bond acceptors (Lipinski definition) is 5. The van der Waals surface area contributed by atoms with E-state index >= 15 is 0 Å². The summed E-state index contributed by atoms with van der Waals surface area (Å²) < 4.78 is 0. The third-order valence-electron chi connectivity index (χ3n) is 4.13. The summed E-state index contributed by atoms with van der Waals surface area (Å²) in [6.07, 6.45) is 3.13. The molecule has 7 heteroatoms. The van der Waals surface area contributed by atoms with Crippen LogP contribution < -0.4 is 10.2 Å². The van der Waals surface area contributed by atoms with Crippen LogP contribution in [0.25, 0.3) is 0 Å². The lowest BCUT2D eigenvalue weighted by molar-refractivity contribution is 0.102. The van der Waals surface area contributed by atoms with Gasteiger partial charge in [0.05, 0.1) is 5.56 Å². The monoisotopic (exact) mass is 345 g/mol. The lowest BCUT2D eigenvalue weighted by Gasteiger charge is -2.32. The smallest absolute Gasteiger partial charge is 0.258 e.